The minimum absolute atomic E-state index is 0.246. The molecule has 1 N–H and O–H groups in total. The molecule has 1 aliphatic heterocycles. The van der Waals surface area contributed by atoms with Crippen molar-refractivity contribution in [2.24, 2.45) is 0 Å². The molecule has 0 unspecified atom stereocenters. The van der Waals surface area contributed by atoms with Gasteiger partial charge in [-0.3, -0.25) is 4.90 Å². The van der Waals surface area contributed by atoms with Gasteiger partial charge in [-0.15, -0.1) is 0 Å². The Kier molecular flexibility index (Phi) is 3.35. The van der Waals surface area contributed by atoms with Crippen molar-refractivity contribution in [2.75, 3.05) is 26.2 Å². The van der Waals surface area contributed by atoms with Crippen molar-refractivity contribution in [2.45, 2.75) is 26.3 Å². The molecule has 6 heteroatoms. The van der Waals surface area contributed by atoms with Gasteiger partial charge in [-0.25, -0.2) is 0 Å². The lowest BCUT2D eigenvalue weighted by Gasteiger charge is -2.38. The number of piperazine rings is 1. The summed E-state index contributed by atoms with van der Waals surface area (Å²) < 4.78 is 10.8. The maximum absolute atomic E-state index is 5.40. The Bertz CT molecular complexity index is 582. The van der Waals surface area contributed by atoms with Crippen molar-refractivity contribution < 1.29 is 8.94 Å². The van der Waals surface area contributed by atoms with E-state index in [1.54, 1.807) is 6.26 Å². The predicted molar refractivity (Wildman–Crippen MR) is 74.2 cm³/mol. The minimum Gasteiger partial charge on any atom is -0.459 e. The SMILES string of the molecule is Cc1ccoc1-c1nc(C(C)(C)N2CCNCC2)no1. The molecule has 3 rings (SSSR count). The van der Waals surface area contributed by atoms with Crippen LogP contribution in [0.1, 0.15) is 25.2 Å². The van der Waals surface area contributed by atoms with Gasteiger partial charge in [0.25, 0.3) is 5.89 Å². The van der Waals surface area contributed by atoms with Gasteiger partial charge in [-0.1, -0.05) is 5.16 Å². The fourth-order valence-corrected chi connectivity index (χ4v) is 2.52. The molecule has 1 fully saturated rings. The quantitative estimate of drug-likeness (QED) is 0.921. The molecule has 6 nitrogen and oxygen atoms in total. The van der Waals surface area contributed by atoms with Gasteiger partial charge < -0.3 is 14.3 Å². The van der Waals surface area contributed by atoms with Crippen LogP contribution in [0.2, 0.25) is 0 Å². The van der Waals surface area contributed by atoms with Crippen LogP contribution < -0.4 is 5.32 Å². The Morgan fingerprint density at radius 2 is 2.05 bits per heavy atom. The predicted octanol–water partition coefficient (Wildman–Crippen LogP) is 1.78. The van der Waals surface area contributed by atoms with E-state index in [0.717, 1.165) is 31.7 Å². The molecular formula is C14H20N4O2. The molecule has 0 spiro atoms. The molecule has 2 aromatic heterocycles. The highest BCUT2D eigenvalue weighted by Crippen LogP contribution is 2.29. The lowest BCUT2D eigenvalue weighted by atomic mass is 10.0. The number of hydrogen-bond donors (Lipinski definition) is 1. The second-order valence-corrected chi connectivity index (χ2v) is 5.65. The van der Waals surface area contributed by atoms with Gasteiger partial charge in [0.05, 0.1) is 11.8 Å². The van der Waals surface area contributed by atoms with E-state index >= 15 is 0 Å². The van der Waals surface area contributed by atoms with E-state index in [1.165, 1.54) is 0 Å². The van der Waals surface area contributed by atoms with Crippen molar-refractivity contribution in [3.63, 3.8) is 0 Å². The molecule has 0 saturated carbocycles. The van der Waals surface area contributed by atoms with Crippen molar-refractivity contribution >= 4 is 0 Å². The summed E-state index contributed by atoms with van der Waals surface area (Å²) in [7, 11) is 0. The molecular weight excluding hydrogens is 256 g/mol. The molecule has 0 radical (unpaired) electrons. The second kappa shape index (κ2) is 5.03. The van der Waals surface area contributed by atoms with Crippen LogP contribution in [0.25, 0.3) is 11.7 Å². The largest absolute Gasteiger partial charge is 0.459 e. The maximum atomic E-state index is 5.40. The van der Waals surface area contributed by atoms with Crippen molar-refractivity contribution in [1.29, 1.82) is 0 Å². The third-order valence-electron chi connectivity index (χ3n) is 3.94. The van der Waals surface area contributed by atoms with E-state index in [0.29, 0.717) is 17.5 Å². The molecule has 3 heterocycles. The Labute approximate surface area is 118 Å². The lowest BCUT2D eigenvalue weighted by Crippen LogP contribution is -2.52. The number of aryl methyl sites for hydroxylation is 1. The Morgan fingerprint density at radius 3 is 2.70 bits per heavy atom. The molecule has 108 valence electrons. The monoisotopic (exact) mass is 276 g/mol. The maximum Gasteiger partial charge on any atom is 0.293 e. The van der Waals surface area contributed by atoms with Gasteiger partial charge in [-0.05, 0) is 26.8 Å². The molecule has 0 atom stereocenters. The zero-order valence-corrected chi connectivity index (χ0v) is 12.1. The molecule has 0 bridgehead atoms. The molecule has 2 aromatic rings. The summed E-state index contributed by atoms with van der Waals surface area (Å²) in [6.07, 6.45) is 1.63. The lowest BCUT2D eigenvalue weighted by molar-refractivity contribution is 0.0924. The van der Waals surface area contributed by atoms with Crippen LogP contribution in [0, 0.1) is 6.92 Å². The first-order chi connectivity index (χ1) is 9.59. The van der Waals surface area contributed by atoms with Gasteiger partial charge in [0, 0.05) is 31.7 Å². The van der Waals surface area contributed by atoms with Gasteiger partial charge in [-0.2, -0.15) is 4.98 Å². The number of hydrogen-bond acceptors (Lipinski definition) is 6. The first-order valence-corrected chi connectivity index (χ1v) is 6.93. The standard InChI is InChI=1S/C14H20N4O2/c1-10-4-9-19-11(10)12-16-13(17-20-12)14(2,3)18-7-5-15-6-8-18/h4,9,15H,5-8H2,1-3H3. The zero-order valence-electron chi connectivity index (χ0n) is 12.1. The van der Waals surface area contributed by atoms with Crippen LogP contribution >= 0.6 is 0 Å². The number of furan rings is 1. The fraction of sp³-hybridized carbons (Fsp3) is 0.571. The summed E-state index contributed by atoms with van der Waals surface area (Å²) in [5, 5.41) is 7.50. The van der Waals surface area contributed by atoms with Crippen molar-refractivity contribution in [3.8, 4) is 11.7 Å². The van der Waals surface area contributed by atoms with Gasteiger partial charge >= 0.3 is 0 Å². The second-order valence-electron chi connectivity index (χ2n) is 5.65. The Morgan fingerprint density at radius 1 is 1.30 bits per heavy atom. The third-order valence-corrected chi connectivity index (χ3v) is 3.94. The molecule has 1 aliphatic rings. The summed E-state index contributed by atoms with van der Waals surface area (Å²) in [5.74, 6) is 1.80. The molecule has 0 aliphatic carbocycles. The fourth-order valence-electron chi connectivity index (χ4n) is 2.52. The zero-order chi connectivity index (χ0) is 14.2. The van der Waals surface area contributed by atoms with Gasteiger partial charge in [0.15, 0.2) is 11.6 Å². The van der Waals surface area contributed by atoms with Crippen molar-refractivity contribution in [3.05, 3.63) is 23.7 Å². The summed E-state index contributed by atoms with van der Waals surface area (Å²) in [6, 6.07) is 1.89. The number of aromatic nitrogens is 2. The van der Waals surface area contributed by atoms with E-state index in [2.05, 4.69) is 34.2 Å². The summed E-state index contributed by atoms with van der Waals surface area (Å²) in [5.41, 5.74) is 0.754. The average molecular weight is 276 g/mol. The topological polar surface area (TPSA) is 67.3 Å². The number of nitrogens with one attached hydrogen (secondary N) is 1. The van der Waals surface area contributed by atoms with E-state index in [-0.39, 0.29) is 5.54 Å². The van der Waals surface area contributed by atoms with E-state index in [9.17, 15) is 0 Å². The van der Waals surface area contributed by atoms with Crippen LogP contribution in [-0.4, -0.2) is 41.2 Å². The third kappa shape index (κ3) is 2.25. The first-order valence-electron chi connectivity index (χ1n) is 6.93. The van der Waals surface area contributed by atoms with Crippen molar-refractivity contribution in [1.82, 2.24) is 20.4 Å². The Balaban J connectivity index is 1.87. The molecule has 0 amide bonds. The highest BCUT2D eigenvalue weighted by molar-refractivity contribution is 5.49. The van der Waals surface area contributed by atoms with E-state index in [1.807, 2.05) is 13.0 Å². The van der Waals surface area contributed by atoms with Gasteiger partial charge in [0.2, 0.25) is 0 Å². The minimum atomic E-state index is -0.246. The first kappa shape index (κ1) is 13.3. The number of nitrogens with zero attached hydrogens (tertiary/aromatic N) is 3. The smallest absolute Gasteiger partial charge is 0.293 e. The normalized spacial score (nSPS) is 17.6. The molecule has 20 heavy (non-hydrogen) atoms. The summed E-state index contributed by atoms with van der Waals surface area (Å²) in [6.45, 7) is 10.2. The van der Waals surface area contributed by atoms with Crippen LogP contribution in [0.3, 0.4) is 0 Å². The van der Waals surface area contributed by atoms with Crippen LogP contribution in [0.4, 0.5) is 0 Å². The number of rotatable bonds is 3. The average Bonchev–Trinajstić information content (AvgIpc) is 3.08. The molecule has 1 saturated heterocycles. The highest BCUT2D eigenvalue weighted by Gasteiger charge is 2.34. The molecule has 0 aromatic carbocycles. The van der Waals surface area contributed by atoms with E-state index in [4.69, 9.17) is 8.94 Å². The van der Waals surface area contributed by atoms with Gasteiger partial charge in [0.1, 0.15) is 0 Å². The summed E-state index contributed by atoms with van der Waals surface area (Å²) >= 11 is 0. The van der Waals surface area contributed by atoms with E-state index < -0.39 is 0 Å². The highest BCUT2D eigenvalue weighted by atomic mass is 16.5. The summed E-state index contributed by atoms with van der Waals surface area (Å²) in [4.78, 5) is 6.90. The Hall–Kier alpha value is -1.66. The van der Waals surface area contributed by atoms with Crippen LogP contribution in [0.5, 0.6) is 0 Å². The van der Waals surface area contributed by atoms with Crippen LogP contribution in [0.15, 0.2) is 21.3 Å². The van der Waals surface area contributed by atoms with Crippen LogP contribution in [-0.2, 0) is 5.54 Å².